The number of nitrogens with zero attached hydrogens (tertiary/aromatic N) is 2. The van der Waals surface area contributed by atoms with Crippen molar-refractivity contribution in [3.05, 3.63) is 114 Å². The molecule has 2 amide bonds. The lowest BCUT2D eigenvalue weighted by molar-refractivity contribution is -0.111. The Morgan fingerprint density at radius 1 is 0.970 bits per heavy atom. The van der Waals surface area contributed by atoms with Crippen LogP contribution in [0.2, 0.25) is 0 Å². The van der Waals surface area contributed by atoms with E-state index in [0.29, 0.717) is 12.3 Å². The summed E-state index contributed by atoms with van der Waals surface area (Å²) in [5.74, 6) is -0.110. The number of nitrogens with one attached hydrogen (secondary N) is 1. The first-order valence-electron chi connectivity index (χ1n) is 10.3. The maximum atomic E-state index is 12.3. The molecule has 0 unspecified atom stereocenters. The van der Waals surface area contributed by atoms with Gasteiger partial charge in [0.2, 0.25) is 5.91 Å². The van der Waals surface area contributed by atoms with Crippen molar-refractivity contribution in [2.45, 2.75) is 6.61 Å². The molecule has 0 spiro atoms. The standard InChI is InChI=1S/C26H22N4O3/c27-26(32)24-15-16-30(29-24)22-12-10-21(11-13-22)28-25(31)14-9-19-7-4-8-23(17-19)33-18-20-5-2-1-3-6-20/h1-17H,18H2,(H2,27,32)(H,28,31)/b14-9+. The minimum Gasteiger partial charge on any atom is -0.489 e. The van der Waals surface area contributed by atoms with Crippen molar-refractivity contribution < 1.29 is 14.3 Å². The third-order valence-corrected chi connectivity index (χ3v) is 4.77. The first kappa shape index (κ1) is 21.6. The van der Waals surface area contributed by atoms with E-state index >= 15 is 0 Å². The summed E-state index contributed by atoms with van der Waals surface area (Å²) in [6.45, 7) is 0.479. The van der Waals surface area contributed by atoms with Crippen molar-refractivity contribution in [1.82, 2.24) is 9.78 Å². The highest BCUT2D eigenvalue weighted by Crippen LogP contribution is 2.17. The second kappa shape index (κ2) is 10.1. The van der Waals surface area contributed by atoms with Gasteiger partial charge in [0.05, 0.1) is 5.69 Å². The molecule has 1 aromatic heterocycles. The molecule has 0 atom stereocenters. The number of benzene rings is 3. The molecule has 4 rings (SSSR count). The van der Waals surface area contributed by atoms with Crippen LogP contribution in [0.4, 0.5) is 5.69 Å². The zero-order chi connectivity index (χ0) is 23.0. The zero-order valence-corrected chi connectivity index (χ0v) is 17.7. The van der Waals surface area contributed by atoms with Gasteiger partial charge in [0.15, 0.2) is 0 Å². The maximum absolute atomic E-state index is 12.3. The lowest BCUT2D eigenvalue weighted by Crippen LogP contribution is -2.12. The smallest absolute Gasteiger partial charge is 0.269 e. The van der Waals surface area contributed by atoms with E-state index in [4.69, 9.17) is 10.5 Å². The molecule has 7 nitrogen and oxygen atoms in total. The summed E-state index contributed by atoms with van der Waals surface area (Å²) in [6, 6.07) is 26.1. The van der Waals surface area contributed by atoms with Gasteiger partial charge in [-0.05, 0) is 59.7 Å². The van der Waals surface area contributed by atoms with Gasteiger partial charge in [-0.2, -0.15) is 5.10 Å². The first-order chi connectivity index (χ1) is 16.1. The molecular weight excluding hydrogens is 416 g/mol. The number of amides is 2. The fraction of sp³-hybridized carbons (Fsp3) is 0.0385. The molecule has 33 heavy (non-hydrogen) atoms. The van der Waals surface area contributed by atoms with Crippen LogP contribution in [0.3, 0.4) is 0 Å². The normalized spacial score (nSPS) is 10.8. The van der Waals surface area contributed by atoms with Gasteiger partial charge in [-0.25, -0.2) is 4.68 Å². The van der Waals surface area contributed by atoms with E-state index in [1.165, 1.54) is 6.08 Å². The first-order valence-corrected chi connectivity index (χ1v) is 10.3. The number of aromatic nitrogens is 2. The molecule has 0 aliphatic rings. The highest BCUT2D eigenvalue weighted by Gasteiger charge is 2.06. The zero-order valence-electron chi connectivity index (χ0n) is 17.7. The third kappa shape index (κ3) is 5.95. The second-order valence-electron chi connectivity index (χ2n) is 7.23. The monoisotopic (exact) mass is 438 g/mol. The molecule has 4 aromatic rings. The molecule has 1 heterocycles. The molecule has 0 bridgehead atoms. The van der Waals surface area contributed by atoms with Crippen LogP contribution < -0.4 is 15.8 Å². The third-order valence-electron chi connectivity index (χ3n) is 4.77. The van der Waals surface area contributed by atoms with Crippen molar-refractivity contribution >= 4 is 23.6 Å². The minimum atomic E-state index is -0.585. The maximum Gasteiger partial charge on any atom is 0.269 e. The van der Waals surface area contributed by atoms with Crippen molar-refractivity contribution in [2.75, 3.05) is 5.32 Å². The van der Waals surface area contributed by atoms with Gasteiger partial charge >= 0.3 is 0 Å². The Morgan fingerprint density at radius 2 is 1.76 bits per heavy atom. The van der Waals surface area contributed by atoms with Gasteiger partial charge in [0, 0.05) is 18.0 Å². The van der Waals surface area contributed by atoms with Crippen LogP contribution in [0.5, 0.6) is 5.75 Å². The summed E-state index contributed by atoms with van der Waals surface area (Å²) in [4.78, 5) is 23.5. The summed E-state index contributed by atoms with van der Waals surface area (Å²) in [5.41, 5.74) is 8.73. The van der Waals surface area contributed by atoms with E-state index < -0.39 is 5.91 Å². The Kier molecular flexibility index (Phi) is 6.61. The van der Waals surface area contributed by atoms with Gasteiger partial charge in [0.1, 0.15) is 18.1 Å². The van der Waals surface area contributed by atoms with E-state index in [2.05, 4.69) is 10.4 Å². The highest BCUT2D eigenvalue weighted by atomic mass is 16.5. The van der Waals surface area contributed by atoms with Gasteiger partial charge in [-0.3, -0.25) is 9.59 Å². The van der Waals surface area contributed by atoms with Crippen LogP contribution in [0.1, 0.15) is 21.6 Å². The molecule has 0 saturated heterocycles. The van der Waals surface area contributed by atoms with Crippen LogP contribution in [0, 0.1) is 0 Å². The fourth-order valence-electron chi connectivity index (χ4n) is 3.10. The van der Waals surface area contributed by atoms with Crippen LogP contribution >= 0.6 is 0 Å². The molecule has 3 N–H and O–H groups in total. The fourth-order valence-corrected chi connectivity index (χ4v) is 3.10. The molecular formula is C26H22N4O3. The van der Waals surface area contributed by atoms with Gasteiger partial charge in [-0.1, -0.05) is 42.5 Å². The molecule has 0 fully saturated rings. The second-order valence-corrected chi connectivity index (χ2v) is 7.23. The van der Waals surface area contributed by atoms with Crippen molar-refractivity contribution in [3.63, 3.8) is 0 Å². The summed E-state index contributed by atoms with van der Waals surface area (Å²) in [7, 11) is 0. The molecule has 3 aromatic carbocycles. The minimum absolute atomic E-state index is 0.187. The van der Waals surface area contributed by atoms with Crippen LogP contribution in [0.25, 0.3) is 11.8 Å². The number of hydrogen-bond acceptors (Lipinski definition) is 4. The molecule has 0 aliphatic heterocycles. The van der Waals surface area contributed by atoms with E-state index in [1.807, 2.05) is 54.6 Å². The van der Waals surface area contributed by atoms with Gasteiger partial charge in [0.25, 0.3) is 5.91 Å². The topological polar surface area (TPSA) is 99.2 Å². The number of hydrogen-bond donors (Lipinski definition) is 2. The van der Waals surface area contributed by atoms with Gasteiger partial charge < -0.3 is 15.8 Å². The SMILES string of the molecule is NC(=O)c1ccn(-c2ccc(NC(=O)/C=C/c3cccc(OCc4ccccc4)c3)cc2)n1. The summed E-state index contributed by atoms with van der Waals surface area (Å²) in [5, 5.41) is 6.92. The van der Waals surface area contributed by atoms with E-state index in [-0.39, 0.29) is 11.6 Å². The average Bonchev–Trinajstić information content (AvgIpc) is 3.34. The van der Waals surface area contributed by atoms with E-state index in [9.17, 15) is 9.59 Å². The average molecular weight is 438 g/mol. The summed E-state index contributed by atoms with van der Waals surface area (Å²) >= 11 is 0. The number of nitrogens with two attached hydrogens (primary N) is 1. The van der Waals surface area contributed by atoms with Crippen molar-refractivity contribution in [3.8, 4) is 11.4 Å². The quantitative estimate of drug-likeness (QED) is 0.403. The Balaban J connectivity index is 1.33. The number of primary amides is 1. The number of ether oxygens (including phenoxy) is 1. The van der Waals surface area contributed by atoms with Crippen LogP contribution in [-0.4, -0.2) is 21.6 Å². The molecule has 0 aliphatic carbocycles. The Labute approximate surface area is 191 Å². The van der Waals surface area contributed by atoms with Crippen LogP contribution in [-0.2, 0) is 11.4 Å². The van der Waals surface area contributed by atoms with Crippen molar-refractivity contribution in [1.29, 1.82) is 0 Å². The largest absolute Gasteiger partial charge is 0.489 e. The summed E-state index contributed by atoms with van der Waals surface area (Å²) < 4.78 is 7.37. The lowest BCUT2D eigenvalue weighted by atomic mass is 10.2. The molecule has 0 radical (unpaired) electrons. The van der Waals surface area contributed by atoms with Crippen LogP contribution in [0.15, 0.2) is 97.2 Å². The summed E-state index contributed by atoms with van der Waals surface area (Å²) in [6.07, 6.45) is 4.85. The predicted octanol–water partition coefficient (Wildman–Crippen LogP) is 4.20. The number of rotatable bonds is 8. The Morgan fingerprint density at radius 3 is 2.48 bits per heavy atom. The lowest BCUT2D eigenvalue weighted by Gasteiger charge is -2.07. The number of anilines is 1. The Hall–Kier alpha value is -4.65. The highest BCUT2D eigenvalue weighted by molar-refractivity contribution is 6.02. The number of carbonyl (C=O) groups is 2. The Bertz CT molecular complexity index is 1280. The van der Waals surface area contributed by atoms with Crippen molar-refractivity contribution in [2.24, 2.45) is 5.73 Å². The van der Waals surface area contributed by atoms with E-state index in [1.54, 1.807) is 47.3 Å². The predicted molar refractivity (Wildman–Crippen MR) is 127 cm³/mol. The number of carbonyl (C=O) groups excluding carboxylic acids is 2. The molecule has 0 saturated carbocycles. The molecule has 7 heteroatoms. The molecule has 164 valence electrons. The van der Waals surface area contributed by atoms with E-state index in [0.717, 1.165) is 22.6 Å². The van der Waals surface area contributed by atoms with Gasteiger partial charge in [-0.15, -0.1) is 0 Å².